The van der Waals surface area contributed by atoms with Gasteiger partial charge in [-0.2, -0.15) is 0 Å². The summed E-state index contributed by atoms with van der Waals surface area (Å²) in [4.78, 5) is 31.4. The van der Waals surface area contributed by atoms with E-state index in [9.17, 15) is 14.0 Å². The zero-order chi connectivity index (χ0) is 25.1. The molecule has 1 fully saturated rings. The number of hydrogen-bond acceptors (Lipinski definition) is 4. The number of nitrogens with zero attached hydrogens (tertiary/aromatic N) is 1. The van der Waals surface area contributed by atoms with E-state index in [1.54, 1.807) is 25.3 Å². The summed E-state index contributed by atoms with van der Waals surface area (Å²) < 4.78 is 18.7. The second kappa shape index (κ2) is 10.5. The molecule has 1 amide bonds. The highest BCUT2D eigenvalue weighted by atomic mass is 19.1. The fraction of sp³-hybridized carbons (Fsp3) is 0.345. The lowest BCUT2D eigenvalue weighted by atomic mass is 9.62. The maximum atomic E-state index is 13.6. The predicted octanol–water partition coefficient (Wildman–Crippen LogP) is 5.46. The zero-order valence-electron chi connectivity index (χ0n) is 20.2. The molecular weight excluding hydrogens is 457 g/mol. The van der Waals surface area contributed by atoms with Gasteiger partial charge in [0.1, 0.15) is 5.82 Å². The van der Waals surface area contributed by atoms with Crippen molar-refractivity contribution >= 4 is 12.2 Å². The number of carbonyl (C=O) groups is 1. The molecule has 36 heavy (non-hydrogen) atoms. The fourth-order valence-electron chi connectivity index (χ4n) is 5.78. The molecule has 7 heteroatoms. The van der Waals surface area contributed by atoms with Gasteiger partial charge in [0.15, 0.2) is 0 Å². The maximum Gasteiger partial charge on any atom is 0.407 e. The van der Waals surface area contributed by atoms with E-state index in [0.29, 0.717) is 18.4 Å². The molecule has 6 nitrogen and oxygen atoms in total. The van der Waals surface area contributed by atoms with Crippen molar-refractivity contribution in [2.75, 3.05) is 6.61 Å². The first kappa shape index (κ1) is 24.0. The highest BCUT2D eigenvalue weighted by molar-refractivity contribution is 5.67. The van der Waals surface area contributed by atoms with Crippen molar-refractivity contribution in [1.29, 1.82) is 0 Å². The minimum atomic E-state index is -0.363. The molecule has 3 aromatic rings. The van der Waals surface area contributed by atoms with Crippen molar-refractivity contribution in [1.82, 2.24) is 15.3 Å². The Morgan fingerprint density at radius 1 is 1.22 bits per heavy atom. The van der Waals surface area contributed by atoms with E-state index in [2.05, 4.69) is 21.4 Å². The van der Waals surface area contributed by atoms with E-state index in [-0.39, 0.29) is 29.4 Å². The van der Waals surface area contributed by atoms with Crippen molar-refractivity contribution in [2.24, 2.45) is 11.8 Å². The number of halogens is 1. The summed E-state index contributed by atoms with van der Waals surface area (Å²) in [5.74, 6) is 0.639. The first-order valence-electron chi connectivity index (χ1n) is 12.5. The number of fused-ring (bicyclic) bond motifs is 2. The van der Waals surface area contributed by atoms with Gasteiger partial charge in [0.25, 0.3) is 0 Å². The van der Waals surface area contributed by atoms with Crippen LogP contribution >= 0.6 is 0 Å². The average Bonchev–Trinajstić information content (AvgIpc) is 2.87. The van der Waals surface area contributed by atoms with Crippen molar-refractivity contribution in [3.63, 3.8) is 0 Å². The van der Waals surface area contributed by atoms with Crippen LogP contribution in [0, 0.1) is 17.7 Å². The predicted molar refractivity (Wildman–Crippen MR) is 137 cm³/mol. The van der Waals surface area contributed by atoms with Gasteiger partial charge >= 0.3 is 6.09 Å². The Labute approximate surface area is 209 Å². The first-order valence-corrected chi connectivity index (χ1v) is 12.5. The number of hydrogen-bond donors (Lipinski definition) is 2. The molecule has 1 aromatic carbocycles. The number of carbonyl (C=O) groups excluding carboxylic acids is 1. The average molecular weight is 488 g/mol. The lowest BCUT2D eigenvalue weighted by molar-refractivity contribution is 0.129. The molecule has 4 atom stereocenters. The van der Waals surface area contributed by atoms with Crippen LogP contribution in [0.4, 0.5) is 9.18 Å². The van der Waals surface area contributed by atoms with Crippen molar-refractivity contribution in [3.05, 3.63) is 93.9 Å². The van der Waals surface area contributed by atoms with E-state index < -0.39 is 0 Å². The molecule has 2 N–H and O–H groups in total. The highest BCUT2D eigenvalue weighted by Gasteiger charge is 2.40. The Morgan fingerprint density at radius 2 is 2.11 bits per heavy atom. The second-order valence-corrected chi connectivity index (χ2v) is 9.65. The van der Waals surface area contributed by atoms with Crippen LogP contribution in [-0.2, 0) is 11.2 Å². The highest BCUT2D eigenvalue weighted by Crippen LogP contribution is 2.47. The summed E-state index contributed by atoms with van der Waals surface area (Å²) in [7, 11) is 0. The third-order valence-electron chi connectivity index (χ3n) is 7.41. The number of amides is 1. The molecule has 0 bridgehead atoms. The standard InChI is InChI=1S/C29H30FN3O3/c1-2-36-29(35)33-24-9-10-25-20(14-24)12-21-15-28(34)32-17-27(21)26(25)11-8-23-7-6-19(16-31-23)18-4-3-5-22(30)13-18/h3-8,11,13,15-17,20,24-26H,2,9-10,12,14H2,1H3,(H,32,34)(H,33,35)/t20-,24-,25-,26+/m1/s1. The number of ether oxygens (including phenoxy) is 1. The number of allylic oxidation sites excluding steroid dienone is 1. The molecule has 2 aromatic heterocycles. The lowest BCUT2D eigenvalue weighted by Crippen LogP contribution is -2.44. The van der Waals surface area contributed by atoms with Crippen molar-refractivity contribution in [2.45, 2.75) is 44.6 Å². The quantitative estimate of drug-likeness (QED) is 0.501. The number of alkyl carbamates (subject to hydrolysis) is 1. The van der Waals surface area contributed by atoms with Gasteiger partial charge in [0.05, 0.1) is 12.3 Å². The Morgan fingerprint density at radius 3 is 2.89 bits per heavy atom. The summed E-state index contributed by atoms with van der Waals surface area (Å²) in [6.07, 6.45) is 11.0. The van der Waals surface area contributed by atoms with Crippen LogP contribution in [0.2, 0.25) is 0 Å². The maximum absolute atomic E-state index is 13.6. The fourth-order valence-corrected chi connectivity index (χ4v) is 5.78. The number of pyridine rings is 2. The van der Waals surface area contributed by atoms with Gasteiger partial charge in [0.2, 0.25) is 5.56 Å². The third kappa shape index (κ3) is 5.25. The van der Waals surface area contributed by atoms with Gasteiger partial charge in [-0.05, 0) is 85.4 Å². The molecule has 0 radical (unpaired) electrons. The Balaban J connectivity index is 1.37. The Hall–Kier alpha value is -3.74. The minimum absolute atomic E-state index is 0.0792. The topological polar surface area (TPSA) is 84.1 Å². The minimum Gasteiger partial charge on any atom is -0.450 e. The van der Waals surface area contributed by atoms with E-state index in [1.165, 1.54) is 12.1 Å². The second-order valence-electron chi connectivity index (χ2n) is 9.65. The largest absolute Gasteiger partial charge is 0.450 e. The van der Waals surface area contributed by atoms with E-state index >= 15 is 0 Å². The molecule has 186 valence electrons. The smallest absolute Gasteiger partial charge is 0.407 e. The van der Waals surface area contributed by atoms with Crippen LogP contribution in [0.15, 0.2) is 65.7 Å². The molecule has 1 saturated carbocycles. The number of H-pyrrole nitrogens is 1. The number of aromatic amines is 1. The number of nitrogens with one attached hydrogen (secondary N) is 2. The van der Waals surface area contributed by atoms with Gasteiger partial charge in [-0.3, -0.25) is 9.78 Å². The molecule has 0 aliphatic heterocycles. The monoisotopic (exact) mass is 487 g/mol. The summed E-state index contributed by atoms with van der Waals surface area (Å²) >= 11 is 0. The molecular formula is C29H30FN3O3. The molecule has 2 heterocycles. The van der Waals surface area contributed by atoms with Gasteiger partial charge in [-0.25, -0.2) is 9.18 Å². The third-order valence-corrected chi connectivity index (χ3v) is 7.41. The summed E-state index contributed by atoms with van der Waals surface area (Å²) in [5, 5.41) is 3.00. The van der Waals surface area contributed by atoms with Crippen LogP contribution in [-0.4, -0.2) is 28.7 Å². The molecule has 5 rings (SSSR count). The summed E-state index contributed by atoms with van der Waals surface area (Å²) in [6, 6.07) is 12.2. The van der Waals surface area contributed by atoms with Crippen LogP contribution < -0.4 is 10.9 Å². The van der Waals surface area contributed by atoms with Crippen LogP contribution in [0.1, 0.15) is 48.9 Å². The molecule has 2 aliphatic rings. The number of aromatic nitrogens is 2. The van der Waals surface area contributed by atoms with E-state index in [4.69, 9.17) is 4.74 Å². The van der Waals surface area contributed by atoms with Gasteiger partial charge in [-0.1, -0.05) is 24.3 Å². The SMILES string of the molecule is CCOC(=O)N[C@@H]1CC[C@@H]2[C@H](Cc3cc(=O)[nH]cc3[C@H]2C=Cc2ccc(-c3cccc(F)c3)cn2)C1. The van der Waals surface area contributed by atoms with E-state index in [0.717, 1.165) is 53.6 Å². The van der Waals surface area contributed by atoms with Crippen LogP contribution in [0.5, 0.6) is 0 Å². The van der Waals surface area contributed by atoms with Crippen LogP contribution in [0.3, 0.4) is 0 Å². The Bertz CT molecular complexity index is 1320. The normalized spacial score (nSPS) is 23.1. The van der Waals surface area contributed by atoms with Gasteiger partial charge < -0.3 is 15.0 Å². The summed E-state index contributed by atoms with van der Waals surface area (Å²) in [6.45, 7) is 2.15. The van der Waals surface area contributed by atoms with Crippen LogP contribution in [0.25, 0.3) is 17.2 Å². The Kier molecular flexibility index (Phi) is 6.98. The summed E-state index contributed by atoms with van der Waals surface area (Å²) in [5.41, 5.74) is 4.60. The molecule has 0 unspecified atom stereocenters. The van der Waals surface area contributed by atoms with E-state index in [1.807, 2.05) is 30.5 Å². The number of rotatable bonds is 5. The molecule has 2 aliphatic carbocycles. The van der Waals surface area contributed by atoms with Gasteiger partial charge in [0, 0.05) is 36.0 Å². The molecule has 0 spiro atoms. The van der Waals surface area contributed by atoms with Crippen molar-refractivity contribution in [3.8, 4) is 11.1 Å². The van der Waals surface area contributed by atoms with Gasteiger partial charge in [-0.15, -0.1) is 0 Å². The first-order chi connectivity index (χ1) is 17.5. The van der Waals surface area contributed by atoms with Crippen molar-refractivity contribution < 1.29 is 13.9 Å². The zero-order valence-corrected chi connectivity index (χ0v) is 20.2. The lowest BCUT2D eigenvalue weighted by Gasteiger charge is -2.43. The molecule has 0 saturated heterocycles. The number of benzene rings is 1.